The minimum Gasteiger partial charge on any atom is -0.392 e. The standard InChI is InChI=1S/C8H14O2/c1-6(2)8(5-10)7(3)4-9/h9-10H,3-5H2,1-2H3. The van der Waals surface area contributed by atoms with Gasteiger partial charge in [0.15, 0.2) is 0 Å². The average molecular weight is 142 g/mol. The van der Waals surface area contributed by atoms with Crippen LogP contribution in [0.5, 0.6) is 0 Å². The van der Waals surface area contributed by atoms with Crippen LogP contribution in [-0.2, 0) is 0 Å². The first-order valence-corrected chi connectivity index (χ1v) is 3.19. The molecule has 0 aliphatic heterocycles. The highest BCUT2D eigenvalue weighted by atomic mass is 16.3. The molecule has 2 nitrogen and oxygen atoms in total. The second kappa shape index (κ2) is 4.25. The summed E-state index contributed by atoms with van der Waals surface area (Å²) in [6.07, 6.45) is 0. The summed E-state index contributed by atoms with van der Waals surface area (Å²) in [5.41, 5.74) is 2.35. The Morgan fingerprint density at radius 1 is 1.20 bits per heavy atom. The van der Waals surface area contributed by atoms with Gasteiger partial charge in [0.05, 0.1) is 13.2 Å². The first-order valence-electron chi connectivity index (χ1n) is 3.19. The summed E-state index contributed by atoms with van der Waals surface area (Å²) in [5, 5.41) is 17.4. The molecule has 0 saturated carbocycles. The lowest BCUT2D eigenvalue weighted by molar-refractivity contribution is 0.310. The zero-order valence-electron chi connectivity index (χ0n) is 6.52. The van der Waals surface area contributed by atoms with Gasteiger partial charge in [-0.25, -0.2) is 0 Å². The molecule has 0 aliphatic carbocycles. The van der Waals surface area contributed by atoms with Crippen molar-refractivity contribution in [1.82, 2.24) is 0 Å². The molecule has 10 heavy (non-hydrogen) atoms. The van der Waals surface area contributed by atoms with Crippen molar-refractivity contribution in [2.24, 2.45) is 0 Å². The Morgan fingerprint density at radius 3 is 1.80 bits per heavy atom. The van der Waals surface area contributed by atoms with Gasteiger partial charge in [0.25, 0.3) is 0 Å². The molecule has 0 rings (SSSR count). The molecular formula is C8H14O2. The Hall–Kier alpha value is -0.600. The van der Waals surface area contributed by atoms with Crippen molar-refractivity contribution in [3.63, 3.8) is 0 Å². The molecule has 0 bridgehead atoms. The van der Waals surface area contributed by atoms with Crippen molar-refractivity contribution in [3.05, 3.63) is 23.3 Å². The van der Waals surface area contributed by atoms with Gasteiger partial charge in [-0.15, -0.1) is 0 Å². The number of aliphatic hydroxyl groups is 2. The molecule has 0 aromatic carbocycles. The molecule has 0 fully saturated rings. The normalized spacial score (nSPS) is 9.20. The monoisotopic (exact) mass is 142 g/mol. The summed E-state index contributed by atoms with van der Waals surface area (Å²) >= 11 is 0. The summed E-state index contributed by atoms with van der Waals surface area (Å²) in [7, 11) is 0. The van der Waals surface area contributed by atoms with E-state index < -0.39 is 0 Å². The van der Waals surface area contributed by atoms with Crippen molar-refractivity contribution in [2.45, 2.75) is 13.8 Å². The smallest absolute Gasteiger partial charge is 0.0684 e. The molecule has 58 valence electrons. The minimum absolute atomic E-state index is 0.0400. The highest BCUT2D eigenvalue weighted by Crippen LogP contribution is 2.10. The van der Waals surface area contributed by atoms with E-state index in [1.54, 1.807) is 0 Å². The molecule has 0 unspecified atom stereocenters. The number of rotatable bonds is 3. The van der Waals surface area contributed by atoms with Crippen LogP contribution in [0.25, 0.3) is 0 Å². The lowest BCUT2D eigenvalue weighted by atomic mass is 10.1. The molecule has 0 aliphatic rings. The van der Waals surface area contributed by atoms with E-state index in [4.69, 9.17) is 10.2 Å². The van der Waals surface area contributed by atoms with Gasteiger partial charge in [-0.2, -0.15) is 0 Å². The fourth-order valence-corrected chi connectivity index (χ4v) is 0.719. The fraction of sp³-hybridized carbons (Fsp3) is 0.500. The van der Waals surface area contributed by atoms with Crippen LogP contribution < -0.4 is 0 Å². The van der Waals surface area contributed by atoms with E-state index >= 15 is 0 Å². The van der Waals surface area contributed by atoms with Crippen LogP contribution in [0.2, 0.25) is 0 Å². The third kappa shape index (κ3) is 2.33. The number of hydrogen-bond acceptors (Lipinski definition) is 2. The van der Waals surface area contributed by atoms with E-state index in [0.29, 0.717) is 5.57 Å². The molecule has 0 atom stereocenters. The summed E-state index contributed by atoms with van der Waals surface area (Å²) in [4.78, 5) is 0. The predicted molar refractivity (Wildman–Crippen MR) is 41.7 cm³/mol. The topological polar surface area (TPSA) is 40.5 Å². The minimum atomic E-state index is -0.0823. The van der Waals surface area contributed by atoms with Gasteiger partial charge in [-0.3, -0.25) is 0 Å². The maximum absolute atomic E-state index is 8.77. The number of hydrogen-bond donors (Lipinski definition) is 2. The van der Waals surface area contributed by atoms with E-state index in [1.807, 2.05) is 13.8 Å². The maximum Gasteiger partial charge on any atom is 0.0684 e. The van der Waals surface area contributed by atoms with Crippen molar-refractivity contribution < 1.29 is 10.2 Å². The second-order valence-electron chi connectivity index (χ2n) is 2.40. The molecule has 2 heteroatoms. The number of aliphatic hydroxyl groups excluding tert-OH is 2. The van der Waals surface area contributed by atoms with Gasteiger partial charge >= 0.3 is 0 Å². The summed E-state index contributed by atoms with van der Waals surface area (Å²) in [5.74, 6) is 0. The van der Waals surface area contributed by atoms with Gasteiger partial charge in [-0.1, -0.05) is 12.2 Å². The van der Waals surface area contributed by atoms with Gasteiger partial charge in [0, 0.05) is 0 Å². The molecule has 0 heterocycles. The van der Waals surface area contributed by atoms with Crippen molar-refractivity contribution in [3.8, 4) is 0 Å². The zero-order valence-corrected chi connectivity index (χ0v) is 6.52. The fourth-order valence-electron chi connectivity index (χ4n) is 0.719. The van der Waals surface area contributed by atoms with E-state index in [1.165, 1.54) is 0 Å². The summed E-state index contributed by atoms with van der Waals surface area (Å²) in [6, 6.07) is 0. The van der Waals surface area contributed by atoms with E-state index in [-0.39, 0.29) is 13.2 Å². The lowest BCUT2D eigenvalue weighted by Crippen LogP contribution is -2.00. The van der Waals surface area contributed by atoms with Crippen molar-refractivity contribution in [2.75, 3.05) is 13.2 Å². The van der Waals surface area contributed by atoms with Gasteiger partial charge in [0.1, 0.15) is 0 Å². The van der Waals surface area contributed by atoms with Crippen molar-refractivity contribution in [1.29, 1.82) is 0 Å². The van der Waals surface area contributed by atoms with E-state index in [2.05, 4.69) is 6.58 Å². The van der Waals surface area contributed by atoms with E-state index in [0.717, 1.165) is 11.1 Å². The van der Waals surface area contributed by atoms with Crippen LogP contribution in [0, 0.1) is 0 Å². The number of allylic oxidation sites excluding steroid dienone is 1. The van der Waals surface area contributed by atoms with Gasteiger partial charge in [-0.05, 0) is 25.0 Å². The third-order valence-electron chi connectivity index (χ3n) is 1.38. The maximum atomic E-state index is 8.77. The average Bonchev–Trinajstić information content (AvgIpc) is 1.88. The van der Waals surface area contributed by atoms with Crippen LogP contribution in [0.1, 0.15) is 13.8 Å². The third-order valence-corrected chi connectivity index (χ3v) is 1.38. The molecule has 0 aromatic heterocycles. The summed E-state index contributed by atoms with van der Waals surface area (Å²) < 4.78 is 0. The van der Waals surface area contributed by atoms with Crippen LogP contribution in [0.3, 0.4) is 0 Å². The van der Waals surface area contributed by atoms with Crippen LogP contribution >= 0.6 is 0 Å². The Kier molecular flexibility index (Phi) is 4.00. The Morgan fingerprint density at radius 2 is 1.70 bits per heavy atom. The molecule has 0 spiro atoms. The highest BCUT2D eigenvalue weighted by molar-refractivity contribution is 5.32. The van der Waals surface area contributed by atoms with Gasteiger partial charge < -0.3 is 10.2 Å². The van der Waals surface area contributed by atoms with Crippen LogP contribution in [-0.4, -0.2) is 23.4 Å². The molecule has 0 radical (unpaired) electrons. The van der Waals surface area contributed by atoms with E-state index in [9.17, 15) is 0 Å². The molecular weight excluding hydrogens is 128 g/mol. The second-order valence-corrected chi connectivity index (χ2v) is 2.40. The highest BCUT2D eigenvalue weighted by Gasteiger charge is 2.00. The Balaban J connectivity index is 4.37. The molecule has 0 saturated heterocycles. The molecule has 0 aromatic rings. The van der Waals surface area contributed by atoms with Crippen molar-refractivity contribution >= 4 is 0 Å². The molecule has 2 N–H and O–H groups in total. The molecule has 0 amide bonds. The SMILES string of the molecule is C=C(CO)C(CO)=C(C)C. The van der Waals surface area contributed by atoms with Crippen LogP contribution in [0.4, 0.5) is 0 Å². The predicted octanol–water partition coefficient (Wildman–Crippen LogP) is 0.864. The first kappa shape index (κ1) is 9.40. The first-order chi connectivity index (χ1) is 4.63. The summed E-state index contributed by atoms with van der Waals surface area (Å²) in [6.45, 7) is 7.24. The Bertz CT molecular complexity index is 153. The quantitative estimate of drug-likeness (QED) is 0.574. The lowest BCUT2D eigenvalue weighted by Gasteiger charge is -2.06. The largest absolute Gasteiger partial charge is 0.392 e. The van der Waals surface area contributed by atoms with Crippen LogP contribution in [0.15, 0.2) is 23.3 Å². The zero-order chi connectivity index (χ0) is 8.15. The van der Waals surface area contributed by atoms with Gasteiger partial charge in [0.2, 0.25) is 0 Å². The Labute approximate surface area is 61.5 Å².